The van der Waals surface area contributed by atoms with Crippen LogP contribution in [0, 0.1) is 6.92 Å². The zero-order valence-corrected chi connectivity index (χ0v) is 21.7. The number of amides is 2. The second-order valence-electron chi connectivity index (χ2n) is 8.38. The van der Waals surface area contributed by atoms with Gasteiger partial charge in [0.15, 0.2) is 0 Å². The Bertz CT molecular complexity index is 1290. The van der Waals surface area contributed by atoms with Gasteiger partial charge in [-0.15, -0.1) is 0 Å². The van der Waals surface area contributed by atoms with E-state index in [1.54, 1.807) is 12.3 Å². The average Bonchev–Trinajstić information content (AvgIpc) is 3.30. The number of nitrogens with one attached hydrogen (secondary N) is 2. The van der Waals surface area contributed by atoms with Crippen molar-refractivity contribution >= 4 is 36.8 Å². The largest absolute Gasteiger partial charge is 0.0556 e. The molecule has 36 heavy (non-hydrogen) atoms. The topological polar surface area (TPSA) is 123 Å². The van der Waals surface area contributed by atoms with Gasteiger partial charge >= 0.3 is 173 Å². The summed E-state index contributed by atoms with van der Waals surface area (Å²) in [4.78, 5) is 28.6. The summed E-state index contributed by atoms with van der Waals surface area (Å²) >= 11 is -0.0577. The molecule has 10 heteroatoms. The summed E-state index contributed by atoms with van der Waals surface area (Å²) in [5, 5.41) is 22.4. The third-order valence-electron chi connectivity index (χ3n) is 5.29. The van der Waals surface area contributed by atoms with Crippen LogP contribution >= 0.6 is 0 Å². The Kier molecular flexibility index (Phi) is 9.02. The molecule has 0 bridgehead atoms. The fourth-order valence-electron chi connectivity index (χ4n) is 3.57. The third-order valence-corrected chi connectivity index (χ3v) is 7.17. The van der Waals surface area contributed by atoms with E-state index in [4.69, 9.17) is 0 Å². The molecule has 0 radical (unpaired) electrons. The smallest absolute Gasteiger partial charge is 0.0556 e. The van der Waals surface area contributed by atoms with Gasteiger partial charge in [-0.05, 0) is 12.5 Å². The summed E-state index contributed by atoms with van der Waals surface area (Å²) in [6, 6.07) is 17.1. The molecule has 184 valence electrons. The number of hydrogen-bond donors (Lipinski definition) is 2. The van der Waals surface area contributed by atoms with E-state index in [9.17, 15) is 9.59 Å². The second kappa shape index (κ2) is 12.8. The van der Waals surface area contributed by atoms with Crippen LogP contribution in [-0.2, 0) is 35.3 Å². The van der Waals surface area contributed by atoms with Crippen molar-refractivity contribution in [2.24, 2.45) is 0 Å². The summed E-state index contributed by atoms with van der Waals surface area (Å²) < 4.78 is 1.66. The number of aromatic nitrogens is 5. The van der Waals surface area contributed by atoms with Gasteiger partial charge in [0, 0.05) is 0 Å². The molecule has 0 saturated heterocycles. The molecular formula is C26H27N7O2Se. The number of unbranched alkanes of at least 4 members (excludes halogenated alkanes) is 1. The maximum Gasteiger partial charge on any atom is -0.0556 e. The van der Waals surface area contributed by atoms with Crippen LogP contribution in [-0.4, -0.2) is 51.7 Å². The first kappa shape index (κ1) is 25.3. The molecule has 0 saturated carbocycles. The minimum Gasteiger partial charge on any atom is -0.0556 e. The van der Waals surface area contributed by atoms with E-state index in [2.05, 4.69) is 36.0 Å². The summed E-state index contributed by atoms with van der Waals surface area (Å²) in [6.07, 6.45) is 5.71. The molecule has 4 aromatic rings. The Hall–Kier alpha value is -3.75. The summed E-state index contributed by atoms with van der Waals surface area (Å²) in [6.45, 7) is 2.00. The molecule has 3 heterocycles. The van der Waals surface area contributed by atoms with Crippen molar-refractivity contribution in [2.45, 2.75) is 45.4 Å². The van der Waals surface area contributed by atoms with E-state index < -0.39 is 0 Å². The standard InChI is InChI=1S/C26H27N7O2Se/c1-18-7-6-8-19(15-18)16-23(34)28-22-13-12-20(30-31-22)9-2-3-11-25-32-33-26(36-25)29-24(35)17-21-10-4-5-14-27-21/h4-8,10,12-15H,2-3,9,11,16-17H2,1H3,(H,28,31,34)(H,29,33,35). The zero-order valence-electron chi connectivity index (χ0n) is 20.0. The molecule has 0 aliphatic rings. The van der Waals surface area contributed by atoms with Crippen LogP contribution in [0.2, 0.25) is 0 Å². The molecule has 0 spiro atoms. The number of carbonyl (C=O) groups is 2. The maximum absolute atomic E-state index is 12.3. The quantitative estimate of drug-likeness (QED) is 0.218. The fraction of sp³-hybridized carbons (Fsp3) is 0.269. The molecule has 0 aliphatic heterocycles. The van der Waals surface area contributed by atoms with Crippen LogP contribution in [0.5, 0.6) is 0 Å². The van der Waals surface area contributed by atoms with Crippen LogP contribution in [0.4, 0.5) is 10.5 Å². The number of carbonyl (C=O) groups excluding carboxylic acids is 2. The summed E-state index contributed by atoms with van der Waals surface area (Å²) in [5.41, 5.74) is 3.70. The molecule has 2 amide bonds. The fourth-order valence-corrected chi connectivity index (χ4v) is 5.25. The van der Waals surface area contributed by atoms with Gasteiger partial charge in [-0.3, -0.25) is 0 Å². The van der Waals surface area contributed by atoms with E-state index in [1.165, 1.54) is 0 Å². The minimum absolute atomic E-state index is 0.0577. The predicted molar refractivity (Wildman–Crippen MR) is 138 cm³/mol. The number of nitrogens with zero attached hydrogens (tertiary/aromatic N) is 5. The van der Waals surface area contributed by atoms with Crippen molar-refractivity contribution in [3.63, 3.8) is 0 Å². The van der Waals surface area contributed by atoms with E-state index in [-0.39, 0.29) is 32.7 Å². The van der Waals surface area contributed by atoms with Gasteiger partial charge in [0.25, 0.3) is 0 Å². The molecule has 2 N–H and O–H groups in total. The van der Waals surface area contributed by atoms with E-state index in [0.717, 1.165) is 52.8 Å². The van der Waals surface area contributed by atoms with Crippen molar-refractivity contribution in [3.8, 4) is 0 Å². The van der Waals surface area contributed by atoms with Crippen LogP contribution in [0.15, 0.2) is 60.8 Å². The number of aryl methyl sites for hydroxylation is 3. The number of rotatable bonds is 11. The van der Waals surface area contributed by atoms with Crippen molar-refractivity contribution in [3.05, 3.63) is 87.9 Å². The van der Waals surface area contributed by atoms with Crippen LogP contribution in [0.3, 0.4) is 0 Å². The molecule has 0 unspecified atom stereocenters. The van der Waals surface area contributed by atoms with Crippen LogP contribution < -0.4 is 10.6 Å². The van der Waals surface area contributed by atoms with Gasteiger partial charge in [0.1, 0.15) is 0 Å². The van der Waals surface area contributed by atoms with E-state index in [0.29, 0.717) is 16.9 Å². The number of benzene rings is 1. The van der Waals surface area contributed by atoms with Gasteiger partial charge in [-0.25, -0.2) is 0 Å². The first-order valence-electron chi connectivity index (χ1n) is 11.7. The molecule has 1 aromatic carbocycles. The Morgan fingerprint density at radius 3 is 2.44 bits per heavy atom. The monoisotopic (exact) mass is 549 g/mol. The molecule has 3 aromatic heterocycles. The van der Waals surface area contributed by atoms with Crippen molar-refractivity contribution in [1.29, 1.82) is 0 Å². The molecule has 0 atom stereocenters. The normalized spacial score (nSPS) is 10.7. The van der Waals surface area contributed by atoms with Crippen LogP contribution in [0.25, 0.3) is 0 Å². The Balaban J connectivity index is 1.15. The minimum atomic E-state index is -0.126. The Morgan fingerprint density at radius 2 is 1.67 bits per heavy atom. The molecular weight excluding hydrogens is 521 g/mol. The number of pyridine rings is 1. The van der Waals surface area contributed by atoms with Gasteiger partial charge in [0.2, 0.25) is 0 Å². The Morgan fingerprint density at radius 1 is 0.806 bits per heavy atom. The van der Waals surface area contributed by atoms with Crippen molar-refractivity contribution in [1.82, 2.24) is 25.4 Å². The molecule has 0 fully saturated rings. The summed E-state index contributed by atoms with van der Waals surface area (Å²) in [5.74, 6) is 0.213. The van der Waals surface area contributed by atoms with E-state index in [1.807, 2.05) is 55.5 Å². The zero-order chi connectivity index (χ0) is 25.2. The van der Waals surface area contributed by atoms with Crippen LogP contribution in [0.1, 0.15) is 39.9 Å². The van der Waals surface area contributed by atoms with Gasteiger partial charge in [-0.2, -0.15) is 0 Å². The second-order valence-corrected chi connectivity index (χ2v) is 10.6. The first-order chi connectivity index (χ1) is 17.5. The average molecular weight is 549 g/mol. The van der Waals surface area contributed by atoms with E-state index >= 15 is 0 Å². The maximum atomic E-state index is 12.3. The summed E-state index contributed by atoms with van der Waals surface area (Å²) in [7, 11) is 0. The number of anilines is 2. The molecule has 4 rings (SSSR count). The van der Waals surface area contributed by atoms with Gasteiger partial charge < -0.3 is 0 Å². The van der Waals surface area contributed by atoms with Gasteiger partial charge in [0.05, 0.1) is 0 Å². The number of hydrogen-bond acceptors (Lipinski definition) is 7. The third kappa shape index (κ3) is 8.18. The van der Waals surface area contributed by atoms with Gasteiger partial charge in [-0.1, -0.05) is 29.8 Å². The predicted octanol–water partition coefficient (Wildman–Crippen LogP) is 2.95. The Labute approximate surface area is 215 Å². The first-order valence-corrected chi connectivity index (χ1v) is 13.4. The SMILES string of the molecule is Cc1cccc(CC(=O)Nc2ccc(CCCCc3nnc(NC(=O)Cc4ccccn4)[se]3)nn2)c1. The van der Waals surface area contributed by atoms with Crippen molar-refractivity contribution in [2.75, 3.05) is 10.6 Å². The molecule has 0 aliphatic carbocycles. The van der Waals surface area contributed by atoms with Crippen molar-refractivity contribution < 1.29 is 9.59 Å². The molecule has 9 nitrogen and oxygen atoms in total.